The van der Waals surface area contributed by atoms with Crippen LogP contribution in [0.5, 0.6) is 0 Å². The molecule has 3 unspecified atom stereocenters. The van der Waals surface area contributed by atoms with Gasteiger partial charge in [-0.25, -0.2) is 0 Å². The Morgan fingerprint density at radius 1 is 1.46 bits per heavy atom. The van der Waals surface area contributed by atoms with Gasteiger partial charge in [0, 0.05) is 12.6 Å². The topological polar surface area (TPSA) is 21.3 Å². The number of nitrogens with one attached hydrogen (secondary N) is 1. The largest absolute Gasteiger partial charge is 0.380 e. The van der Waals surface area contributed by atoms with Crippen molar-refractivity contribution in [2.75, 3.05) is 19.8 Å². The molecule has 0 aliphatic heterocycles. The second kappa shape index (κ2) is 5.61. The summed E-state index contributed by atoms with van der Waals surface area (Å²) in [6, 6.07) is 0.603. The fourth-order valence-corrected chi connectivity index (χ4v) is 1.86. The zero-order valence-electron chi connectivity index (χ0n) is 9.18. The summed E-state index contributed by atoms with van der Waals surface area (Å²) < 4.78 is 5.58. The number of likely N-dealkylation sites (N-methyl/N-ethyl adjacent to an activating group) is 1. The van der Waals surface area contributed by atoms with Crippen LogP contribution in [0.15, 0.2) is 0 Å². The lowest BCUT2D eigenvalue weighted by molar-refractivity contribution is 0.105. The maximum absolute atomic E-state index is 5.58. The Labute approximate surface area is 82.0 Å². The maximum Gasteiger partial charge on any atom is 0.0622 e. The average Bonchev–Trinajstić information content (AvgIpc) is 2.82. The Balaban J connectivity index is 2.14. The molecule has 2 heteroatoms. The van der Waals surface area contributed by atoms with Crippen LogP contribution in [0.25, 0.3) is 0 Å². The fraction of sp³-hybridized carbons (Fsp3) is 1.00. The Morgan fingerprint density at radius 2 is 2.15 bits per heavy atom. The van der Waals surface area contributed by atoms with Crippen molar-refractivity contribution in [2.24, 2.45) is 11.8 Å². The van der Waals surface area contributed by atoms with E-state index in [1.807, 2.05) is 0 Å². The zero-order valence-corrected chi connectivity index (χ0v) is 9.18. The molecule has 1 saturated carbocycles. The molecule has 13 heavy (non-hydrogen) atoms. The van der Waals surface area contributed by atoms with E-state index < -0.39 is 0 Å². The van der Waals surface area contributed by atoms with Crippen LogP contribution in [0.1, 0.15) is 33.6 Å². The SMILES string of the molecule is CCCOCC(NCC)C1CC1C. The van der Waals surface area contributed by atoms with Crippen LogP contribution in [0.4, 0.5) is 0 Å². The van der Waals surface area contributed by atoms with Gasteiger partial charge in [-0.3, -0.25) is 0 Å². The minimum atomic E-state index is 0.603. The van der Waals surface area contributed by atoms with Gasteiger partial charge in [-0.05, 0) is 31.2 Å². The van der Waals surface area contributed by atoms with Gasteiger partial charge in [-0.2, -0.15) is 0 Å². The second-order valence-corrected chi connectivity index (χ2v) is 4.12. The Kier molecular flexibility index (Phi) is 4.74. The molecular weight excluding hydrogens is 162 g/mol. The molecule has 1 fully saturated rings. The number of hydrogen-bond donors (Lipinski definition) is 1. The Morgan fingerprint density at radius 3 is 2.62 bits per heavy atom. The maximum atomic E-state index is 5.58. The molecule has 0 spiro atoms. The smallest absolute Gasteiger partial charge is 0.0622 e. The van der Waals surface area contributed by atoms with Crippen LogP contribution >= 0.6 is 0 Å². The lowest BCUT2D eigenvalue weighted by Crippen LogP contribution is -2.35. The molecule has 0 amide bonds. The number of rotatable bonds is 7. The van der Waals surface area contributed by atoms with E-state index in [1.54, 1.807) is 0 Å². The molecule has 78 valence electrons. The minimum Gasteiger partial charge on any atom is -0.380 e. The molecule has 1 aliphatic rings. The number of hydrogen-bond acceptors (Lipinski definition) is 2. The van der Waals surface area contributed by atoms with E-state index in [-0.39, 0.29) is 0 Å². The van der Waals surface area contributed by atoms with Gasteiger partial charge in [0.25, 0.3) is 0 Å². The first-order chi connectivity index (χ1) is 6.29. The quantitative estimate of drug-likeness (QED) is 0.613. The predicted octanol–water partition coefficient (Wildman–Crippen LogP) is 2.05. The first-order valence-corrected chi connectivity index (χ1v) is 5.60. The normalized spacial score (nSPS) is 28.8. The average molecular weight is 185 g/mol. The third-order valence-electron chi connectivity index (χ3n) is 2.80. The summed E-state index contributed by atoms with van der Waals surface area (Å²) in [4.78, 5) is 0. The summed E-state index contributed by atoms with van der Waals surface area (Å²) in [5, 5.41) is 3.51. The Bertz CT molecular complexity index is 138. The molecule has 1 aliphatic carbocycles. The van der Waals surface area contributed by atoms with Gasteiger partial charge >= 0.3 is 0 Å². The van der Waals surface area contributed by atoms with Crippen molar-refractivity contribution in [3.05, 3.63) is 0 Å². The lowest BCUT2D eigenvalue weighted by atomic mass is 10.1. The molecule has 2 nitrogen and oxygen atoms in total. The molecule has 0 radical (unpaired) electrons. The van der Waals surface area contributed by atoms with Gasteiger partial charge in [0.2, 0.25) is 0 Å². The minimum absolute atomic E-state index is 0.603. The summed E-state index contributed by atoms with van der Waals surface area (Å²) in [6.45, 7) is 9.51. The molecule has 0 saturated heterocycles. The van der Waals surface area contributed by atoms with Crippen molar-refractivity contribution < 1.29 is 4.74 Å². The van der Waals surface area contributed by atoms with Crippen molar-refractivity contribution in [1.82, 2.24) is 5.32 Å². The van der Waals surface area contributed by atoms with Crippen molar-refractivity contribution in [3.8, 4) is 0 Å². The first-order valence-electron chi connectivity index (χ1n) is 5.60. The van der Waals surface area contributed by atoms with Crippen LogP contribution in [0.2, 0.25) is 0 Å². The molecular formula is C11H23NO. The van der Waals surface area contributed by atoms with E-state index in [2.05, 4.69) is 26.1 Å². The summed E-state index contributed by atoms with van der Waals surface area (Å²) in [5.74, 6) is 1.78. The zero-order chi connectivity index (χ0) is 9.68. The standard InChI is InChI=1S/C11H23NO/c1-4-6-13-8-11(12-5-2)10-7-9(10)3/h9-12H,4-8H2,1-3H3. The van der Waals surface area contributed by atoms with Crippen molar-refractivity contribution >= 4 is 0 Å². The lowest BCUT2D eigenvalue weighted by Gasteiger charge is -2.17. The molecule has 3 atom stereocenters. The molecule has 0 aromatic rings. The third kappa shape index (κ3) is 3.65. The highest BCUT2D eigenvalue weighted by atomic mass is 16.5. The Hall–Kier alpha value is -0.0800. The summed E-state index contributed by atoms with van der Waals surface area (Å²) >= 11 is 0. The predicted molar refractivity (Wildman–Crippen MR) is 55.8 cm³/mol. The van der Waals surface area contributed by atoms with Gasteiger partial charge in [0.05, 0.1) is 6.61 Å². The van der Waals surface area contributed by atoms with E-state index in [0.29, 0.717) is 6.04 Å². The summed E-state index contributed by atoms with van der Waals surface area (Å²) in [6.07, 6.45) is 2.51. The van der Waals surface area contributed by atoms with E-state index in [1.165, 1.54) is 6.42 Å². The molecule has 0 heterocycles. The molecule has 0 bridgehead atoms. The van der Waals surface area contributed by atoms with Crippen molar-refractivity contribution in [3.63, 3.8) is 0 Å². The van der Waals surface area contributed by atoms with E-state index in [4.69, 9.17) is 4.74 Å². The molecule has 0 aromatic heterocycles. The van der Waals surface area contributed by atoms with Crippen LogP contribution in [-0.2, 0) is 4.74 Å². The van der Waals surface area contributed by atoms with E-state index in [0.717, 1.165) is 38.0 Å². The van der Waals surface area contributed by atoms with Crippen LogP contribution < -0.4 is 5.32 Å². The van der Waals surface area contributed by atoms with Gasteiger partial charge in [0.1, 0.15) is 0 Å². The van der Waals surface area contributed by atoms with E-state index in [9.17, 15) is 0 Å². The van der Waals surface area contributed by atoms with Gasteiger partial charge < -0.3 is 10.1 Å². The second-order valence-electron chi connectivity index (χ2n) is 4.12. The van der Waals surface area contributed by atoms with Gasteiger partial charge in [0.15, 0.2) is 0 Å². The van der Waals surface area contributed by atoms with Gasteiger partial charge in [-0.15, -0.1) is 0 Å². The fourth-order valence-electron chi connectivity index (χ4n) is 1.86. The summed E-state index contributed by atoms with van der Waals surface area (Å²) in [7, 11) is 0. The monoisotopic (exact) mass is 185 g/mol. The highest BCUT2D eigenvalue weighted by Gasteiger charge is 2.38. The van der Waals surface area contributed by atoms with Crippen molar-refractivity contribution in [1.29, 1.82) is 0 Å². The molecule has 1 rings (SSSR count). The highest BCUT2D eigenvalue weighted by molar-refractivity contribution is 4.92. The van der Waals surface area contributed by atoms with Crippen LogP contribution in [-0.4, -0.2) is 25.8 Å². The first kappa shape index (κ1) is 11.0. The number of ether oxygens (including phenoxy) is 1. The highest BCUT2D eigenvalue weighted by Crippen LogP contribution is 2.40. The summed E-state index contributed by atoms with van der Waals surface area (Å²) in [5.41, 5.74) is 0. The molecule has 1 N–H and O–H groups in total. The van der Waals surface area contributed by atoms with Gasteiger partial charge in [-0.1, -0.05) is 20.8 Å². The molecule has 0 aromatic carbocycles. The van der Waals surface area contributed by atoms with Crippen molar-refractivity contribution in [2.45, 2.75) is 39.7 Å². The van der Waals surface area contributed by atoms with Crippen LogP contribution in [0.3, 0.4) is 0 Å². The van der Waals surface area contributed by atoms with Crippen LogP contribution in [0, 0.1) is 11.8 Å². The van der Waals surface area contributed by atoms with E-state index >= 15 is 0 Å². The third-order valence-corrected chi connectivity index (χ3v) is 2.80.